The first-order valence-corrected chi connectivity index (χ1v) is 10.6. The standard InChI is InChI=1S/C24H31N3O2/c1-18-7-3-4-8-23(18)29-17-24(28)25-16-22(27-12-5-6-13-27)19-9-10-21-20(15-19)11-14-26(21)2/h3-4,7-10,15,22H,5-6,11-14,16-17H2,1-2H3,(H,25,28)/t22-/m1/s1. The number of hydrogen-bond donors (Lipinski definition) is 1. The summed E-state index contributed by atoms with van der Waals surface area (Å²) >= 11 is 0. The van der Waals surface area contributed by atoms with E-state index in [0.29, 0.717) is 6.54 Å². The van der Waals surface area contributed by atoms with Crippen LogP contribution in [0.4, 0.5) is 5.69 Å². The Morgan fingerprint density at radius 3 is 2.72 bits per heavy atom. The lowest BCUT2D eigenvalue weighted by atomic mass is 10.0. The van der Waals surface area contributed by atoms with Gasteiger partial charge in [-0.2, -0.15) is 0 Å². The number of carbonyl (C=O) groups excluding carboxylic acids is 1. The molecule has 1 saturated heterocycles. The summed E-state index contributed by atoms with van der Waals surface area (Å²) in [4.78, 5) is 17.3. The number of amides is 1. The molecule has 29 heavy (non-hydrogen) atoms. The highest BCUT2D eigenvalue weighted by Crippen LogP contribution is 2.32. The molecule has 5 heteroatoms. The third-order valence-electron chi connectivity index (χ3n) is 6.14. The number of anilines is 1. The number of likely N-dealkylation sites (N-methyl/N-ethyl adjacent to an activating group) is 1. The summed E-state index contributed by atoms with van der Waals surface area (Å²) in [6, 6.07) is 14.8. The van der Waals surface area contributed by atoms with E-state index in [-0.39, 0.29) is 18.6 Å². The van der Waals surface area contributed by atoms with E-state index >= 15 is 0 Å². The zero-order valence-corrected chi connectivity index (χ0v) is 17.5. The third-order valence-corrected chi connectivity index (χ3v) is 6.14. The lowest BCUT2D eigenvalue weighted by Crippen LogP contribution is -2.38. The molecule has 0 spiro atoms. The predicted molar refractivity (Wildman–Crippen MR) is 117 cm³/mol. The largest absolute Gasteiger partial charge is 0.484 e. The van der Waals surface area contributed by atoms with Crippen molar-refractivity contribution < 1.29 is 9.53 Å². The Morgan fingerprint density at radius 2 is 1.93 bits per heavy atom. The first-order valence-electron chi connectivity index (χ1n) is 10.6. The average Bonchev–Trinajstić information content (AvgIpc) is 3.38. The Labute approximate surface area is 173 Å². The van der Waals surface area contributed by atoms with Crippen molar-refractivity contribution in [2.24, 2.45) is 0 Å². The van der Waals surface area contributed by atoms with E-state index in [1.54, 1.807) is 0 Å². The number of benzene rings is 2. The van der Waals surface area contributed by atoms with Gasteiger partial charge in [0.15, 0.2) is 6.61 Å². The van der Waals surface area contributed by atoms with Crippen molar-refractivity contribution in [2.45, 2.75) is 32.2 Å². The number of ether oxygens (including phenoxy) is 1. The van der Waals surface area contributed by atoms with Crippen LogP contribution < -0.4 is 15.0 Å². The van der Waals surface area contributed by atoms with Gasteiger partial charge in [-0.1, -0.05) is 30.3 Å². The van der Waals surface area contributed by atoms with Gasteiger partial charge in [0.05, 0.1) is 6.04 Å². The van der Waals surface area contributed by atoms with Crippen LogP contribution in [0.5, 0.6) is 5.75 Å². The van der Waals surface area contributed by atoms with Crippen molar-refractivity contribution in [1.82, 2.24) is 10.2 Å². The second-order valence-electron chi connectivity index (χ2n) is 8.18. The number of carbonyl (C=O) groups is 1. The van der Waals surface area contributed by atoms with Crippen molar-refractivity contribution in [3.8, 4) is 5.75 Å². The molecule has 0 saturated carbocycles. The lowest BCUT2D eigenvalue weighted by Gasteiger charge is -2.29. The van der Waals surface area contributed by atoms with Crippen LogP contribution >= 0.6 is 0 Å². The Kier molecular flexibility index (Phi) is 6.05. The normalized spacial score (nSPS) is 17.2. The summed E-state index contributed by atoms with van der Waals surface area (Å²) in [6.07, 6.45) is 3.56. The van der Waals surface area contributed by atoms with Gasteiger partial charge in [-0.15, -0.1) is 0 Å². The van der Waals surface area contributed by atoms with Crippen LogP contribution in [0.1, 0.15) is 35.6 Å². The lowest BCUT2D eigenvalue weighted by molar-refractivity contribution is -0.123. The number of nitrogens with one attached hydrogen (secondary N) is 1. The Balaban J connectivity index is 1.40. The molecule has 1 atom stereocenters. The van der Waals surface area contributed by atoms with Gasteiger partial charge < -0.3 is 15.0 Å². The number of nitrogens with zero attached hydrogens (tertiary/aromatic N) is 2. The number of aryl methyl sites for hydroxylation is 1. The maximum Gasteiger partial charge on any atom is 0.258 e. The van der Waals surface area contributed by atoms with Crippen LogP contribution in [-0.2, 0) is 11.2 Å². The quantitative estimate of drug-likeness (QED) is 0.784. The van der Waals surface area contributed by atoms with E-state index in [1.807, 2.05) is 31.2 Å². The minimum Gasteiger partial charge on any atom is -0.484 e. The molecule has 154 valence electrons. The molecule has 2 aliphatic heterocycles. The first-order chi connectivity index (χ1) is 14.1. The molecule has 0 bridgehead atoms. The maximum absolute atomic E-state index is 12.4. The molecule has 5 nitrogen and oxygen atoms in total. The van der Waals surface area contributed by atoms with Crippen molar-refractivity contribution in [3.05, 3.63) is 59.2 Å². The summed E-state index contributed by atoms with van der Waals surface area (Å²) in [6.45, 7) is 5.92. The number of fused-ring (bicyclic) bond motifs is 1. The van der Waals surface area contributed by atoms with Gasteiger partial charge in [-0.05, 0) is 68.1 Å². The number of rotatable bonds is 7. The Hall–Kier alpha value is -2.53. The minimum atomic E-state index is -0.0710. The van der Waals surface area contributed by atoms with E-state index in [0.717, 1.165) is 37.4 Å². The second kappa shape index (κ2) is 8.87. The van der Waals surface area contributed by atoms with Crippen LogP contribution in [0.2, 0.25) is 0 Å². The van der Waals surface area contributed by atoms with Gasteiger partial charge in [-0.3, -0.25) is 9.69 Å². The van der Waals surface area contributed by atoms with E-state index in [1.165, 1.54) is 29.7 Å². The number of likely N-dealkylation sites (tertiary alicyclic amines) is 1. The molecule has 2 aromatic carbocycles. The number of para-hydroxylation sites is 1. The van der Waals surface area contributed by atoms with Crippen LogP contribution in [0.3, 0.4) is 0 Å². The smallest absolute Gasteiger partial charge is 0.258 e. The Bertz CT molecular complexity index is 861. The molecular weight excluding hydrogens is 362 g/mol. The highest BCUT2D eigenvalue weighted by molar-refractivity contribution is 5.77. The van der Waals surface area contributed by atoms with Gasteiger partial charge >= 0.3 is 0 Å². The zero-order valence-electron chi connectivity index (χ0n) is 17.5. The molecule has 0 aromatic heterocycles. The van der Waals surface area contributed by atoms with Crippen molar-refractivity contribution >= 4 is 11.6 Å². The second-order valence-corrected chi connectivity index (χ2v) is 8.18. The molecule has 1 fully saturated rings. The average molecular weight is 394 g/mol. The fourth-order valence-electron chi connectivity index (χ4n) is 4.43. The zero-order chi connectivity index (χ0) is 20.2. The molecule has 0 aliphatic carbocycles. The monoisotopic (exact) mass is 393 g/mol. The topological polar surface area (TPSA) is 44.8 Å². The molecule has 0 radical (unpaired) electrons. The third kappa shape index (κ3) is 4.56. The number of hydrogen-bond acceptors (Lipinski definition) is 4. The first kappa shape index (κ1) is 19.8. The molecular formula is C24H31N3O2. The van der Waals surface area contributed by atoms with Crippen molar-refractivity contribution in [1.29, 1.82) is 0 Å². The fraction of sp³-hybridized carbons (Fsp3) is 0.458. The fourth-order valence-corrected chi connectivity index (χ4v) is 4.43. The van der Waals surface area contributed by atoms with E-state index in [2.05, 4.69) is 40.4 Å². The molecule has 2 aliphatic rings. The van der Waals surface area contributed by atoms with Crippen LogP contribution in [0, 0.1) is 6.92 Å². The maximum atomic E-state index is 12.4. The summed E-state index contributed by atoms with van der Waals surface area (Å²) in [5.41, 5.74) is 5.10. The van der Waals surface area contributed by atoms with E-state index in [4.69, 9.17) is 4.74 Å². The summed E-state index contributed by atoms with van der Waals surface area (Å²) in [5, 5.41) is 3.11. The molecule has 1 N–H and O–H groups in total. The van der Waals surface area contributed by atoms with Crippen LogP contribution in [0.25, 0.3) is 0 Å². The van der Waals surface area contributed by atoms with Gasteiger partial charge in [0, 0.05) is 25.8 Å². The van der Waals surface area contributed by atoms with E-state index < -0.39 is 0 Å². The van der Waals surface area contributed by atoms with E-state index in [9.17, 15) is 4.79 Å². The highest BCUT2D eigenvalue weighted by Gasteiger charge is 2.26. The highest BCUT2D eigenvalue weighted by atomic mass is 16.5. The molecule has 4 rings (SSSR count). The molecule has 2 aromatic rings. The summed E-state index contributed by atoms with van der Waals surface area (Å²) in [5.74, 6) is 0.694. The van der Waals surface area contributed by atoms with Gasteiger partial charge in [0.2, 0.25) is 0 Å². The SMILES string of the molecule is Cc1ccccc1OCC(=O)NC[C@H](c1ccc2c(c1)CCN2C)N1CCCC1. The summed E-state index contributed by atoms with van der Waals surface area (Å²) in [7, 11) is 2.15. The van der Waals surface area contributed by atoms with Gasteiger partial charge in [-0.25, -0.2) is 0 Å². The van der Waals surface area contributed by atoms with Crippen LogP contribution in [0.15, 0.2) is 42.5 Å². The van der Waals surface area contributed by atoms with Gasteiger partial charge in [0.25, 0.3) is 5.91 Å². The minimum absolute atomic E-state index is 0.0482. The molecule has 2 heterocycles. The molecule has 1 amide bonds. The predicted octanol–water partition coefficient (Wildman–Crippen LogP) is 3.32. The van der Waals surface area contributed by atoms with Crippen LogP contribution in [-0.4, -0.2) is 50.6 Å². The van der Waals surface area contributed by atoms with Crippen molar-refractivity contribution in [2.75, 3.05) is 44.7 Å². The Morgan fingerprint density at radius 1 is 1.14 bits per heavy atom. The summed E-state index contributed by atoms with van der Waals surface area (Å²) < 4.78 is 5.70. The molecule has 0 unspecified atom stereocenters. The van der Waals surface area contributed by atoms with Crippen molar-refractivity contribution in [3.63, 3.8) is 0 Å². The van der Waals surface area contributed by atoms with Gasteiger partial charge in [0.1, 0.15) is 5.75 Å².